The lowest BCUT2D eigenvalue weighted by molar-refractivity contribution is -0.143. The van der Waals surface area contributed by atoms with Gasteiger partial charge in [-0.2, -0.15) is 0 Å². The average molecular weight is 466 g/mol. The summed E-state index contributed by atoms with van der Waals surface area (Å²) in [5.41, 5.74) is 3.26. The second-order valence-electron chi connectivity index (χ2n) is 9.70. The Hall–Kier alpha value is -2.64. The van der Waals surface area contributed by atoms with E-state index >= 15 is 0 Å². The number of carboxylic acid groups (broad SMARTS) is 1. The number of nitrogens with one attached hydrogen (secondary N) is 1. The molecule has 0 radical (unpaired) electrons. The van der Waals surface area contributed by atoms with Crippen LogP contribution >= 0.6 is 0 Å². The Morgan fingerprint density at radius 3 is 2.76 bits per heavy atom. The third-order valence-corrected chi connectivity index (χ3v) is 6.93. The van der Waals surface area contributed by atoms with Gasteiger partial charge < -0.3 is 19.9 Å². The first-order valence-corrected chi connectivity index (χ1v) is 12.7. The van der Waals surface area contributed by atoms with Crippen LogP contribution in [0.1, 0.15) is 61.4 Å². The molecular formula is C27H35N3O4. The number of anilines is 1. The van der Waals surface area contributed by atoms with Crippen LogP contribution in [-0.2, 0) is 22.4 Å². The van der Waals surface area contributed by atoms with Crippen LogP contribution in [0.4, 0.5) is 5.82 Å². The highest BCUT2D eigenvalue weighted by atomic mass is 16.5. The molecule has 3 aliphatic rings. The summed E-state index contributed by atoms with van der Waals surface area (Å²) in [6, 6.07) is 11.3. The van der Waals surface area contributed by atoms with Gasteiger partial charge in [-0.3, -0.25) is 9.69 Å². The van der Waals surface area contributed by atoms with Crippen LogP contribution in [0.3, 0.4) is 0 Å². The Morgan fingerprint density at radius 2 is 1.97 bits per heavy atom. The maximum absolute atomic E-state index is 12.1. The molecule has 2 N–H and O–H groups in total. The zero-order chi connectivity index (χ0) is 23.3. The van der Waals surface area contributed by atoms with Gasteiger partial charge in [0.25, 0.3) is 0 Å². The third-order valence-electron chi connectivity index (χ3n) is 6.93. The van der Waals surface area contributed by atoms with Crippen LogP contribution < -0.4 is 10.1 Å². The Balaban J connectivity index is 1.05. The largest absolute Gasteiger partial charge is 0.490 e. The molecular weight excluding hydrogens is 430 g/mol. The summed E-state index contributed by atoms with van der Waals surface area (Å²) in [6.45, 7) is 3.09. The van der Waals surface area contributed by atoms with Gasteiger partial charge in [0.05, 0.1) is 12.2 Å². The van der Waals surface area contributed by atoms with Gasteiger partial charge in [0.15, 0.2) is 0 Å². The van der Waals surface area contributed by atoms with Crippen molar-refractivity contribution in [2.45, 2.75) is 69.6 Å². The fraction of sp³-hybridized carbons (Fsp3) is 0.556. The van der Waals surface area contributed by atoms with Crippen molar-refractivity contribution in [1.82, 2.24) is 9.88 Å². The van der Waals surface area contributed by atoms with Crippen LogP contribution in [0.2, 0.25) is 0 Å². The number of carboxylic acids is 1. The molecule has 0 bridgehead atoms. The van der Waals surface area contributed by atoms with Crippen molar-refractivity contribution >= 4 is 11.8 Å². The molecule has 2 fully saturated rings. The van der Waals surface area contributed by atoms with Gasteiger partial charge in [-0.25, -0.2) is 4.98 Å². The van der Waals surface area contributed by atoms with Crippen molar-refractivity contribution < 1.29 is 19.4 Å². The van der Waals surface area contributed by atoms with E-state index in [0.717, 1.165) is 80.9 Å². The fourth-order valence-corrected chi connectivity index (χ4v) is 4.91. The van der Waals surface area contributed by atoms with Crippen molar-refractivity contribution in [2.75, 3.05) is 31.6 Å². The number of aryl methyl sites for hydroxylation is 2. The lowest BCUT2D eigenvalue weighted by atomic mass is 10.1. The highest BCUT2D eigenvalue weighted by molar-refractivity contribution is 5.75. The van der Waals surface area contributed by atoms with E-state index < -0.39 is 12.0 Å². The van der Waals surface area contributed by atoms with Crippen LogP contribution in [0, 0.1) is 0 Å². The van der Waals surface area contributed by atoms with E-state index in [9.17, 15) is 9.90 Å². The summed E-state index contributed by atoms with van der Waals surface area (Å²) in [5.74, 6) is 1.06. The van der Waals surface area contributed by atoms with Gasteiger partial charge in [-0.05, 0) is 80.7 Å². The monoisotopic (exact) mass is 465 g/mol. The second-order valence-corrected chi connectivity index (χ2v) is 9.70. The predicted octanol–water partition coefficient (Wildman–Crippen LogP) is 4.22. The second kappa shape index (κ2) is 10.7. The van der Waals surface area contributed by atoms with Gasteiger partial charge >= 0.3 is 5.97 Å². The number of pyridine rings is 1. The molecule has 2 aromatic rings. The number of hydrogen-bond donors (Lipinski definition) is 2. The lowest BCUT2D eigenvalue weighted by Gasteiger charge is -2.24. The molecule has 0 amide bonds. The molecule has 1 aromatic heterocycles. The molecule has 2 atom stereocenters. The van der Waals surface area contributed by atoms with Crippen LogP contribution in [0.25, 0.3) is 0 Å². The smallest absolute Gasteiger partial charge is 0.325 e. The third kappa shape index (κ3) is 5.88. The highest BCUT2D eigenvalue weighted by Crippen LogP contribution is 2.30. The van der Waals surface area contributed by atoms with Crippen LogP contribution in [0.5, 0.6) is 5.75 Å². The van der Waals surface area contributed by atoms with Gasteiger partial charge in [-0.1, -0.05) is 18.2 Å². The number of aromatic nitrogens is 1. The first kappa shape index (κ1) is 23.1. The minimum absolute atomic E-state index is 0.0883. The number of aliphatic carboxylic acids is 1. The van der Waals surface area contributed by atoms with E-state index in [4.69, 9.17) is 14.5 Å². The number of benzene rings is 1. The Morgan fingerprint density at radius 1 is 1.12 bits per heavy atom. The molecule has 7 nitrogen and oxygen atoms in total. The summed E-state index contributed by atoms with van der Waals surface area (Å²) in [4.78, 5) is 18.9. The van der Waals surface area contributed by atoms with E-state index in [2.05, 4.69) is 17.4 Å². The van der Waals surface area contributed by atoms with Gasteiger partial charge in [0.1, 0.15) is 17.6 Å². The SMILES string of the molecule is O=C(O)[C@H](c1ccc(OC2CC2)cc1)N1CC[C@@H](OCCCCc2ccc3c(n2)NCCC3)C1. The molecule has 1 aliphatic carbocycles. The lowest BCUT2D eigenvalue weighted by Crippen LogP contribution is -2.33. The number of nitrogens with zero attached hydrogens (tertiary/aromatic N) is 2. The summed E-state index contributed by atoms with van der Waals surface area (Å²) in [6.07, 6.45) is 8.77. The molecule has 1 aromatic carbocycles. The quantitative estimate of drug-likeness (QED) is 0.481. The minimum Gasteiger partial charge on any atom is -0.490 e. The first-order valence-electron chi connectivity index (χ1n) is 12.7. The van der Waals surface area contributed by atoms with E-state index in [1.54, 1.807) is 0 Å². The molecule has 1 saturated carbocycles. The van der Waals surface area contributed by atoms with E-state index in [1.165, 1.54) is 12.0 Å². The zero-order valence-electron chi connectivity index (χ0n) is 19.7. The summed E-state index contributed by atoms with van der Waals surface area (Å²) in [5, 5.41) is 13.3. The van der Waals surface area contributed by atoms with E-state index in [-0.39, 0.29) is 6.10 Å². The van der Waals surface area contributed by atoms with Gasteiger partial charge in [0.2, 0.25) is 0 Å². The molecule has 5 rings (SSSR count). The average Bonchev–Trinajstić information content (AvgIpc) is 3.55. The Kier molecular flexibility index (Phi) is 7.30. The molecule has 7 heteroatoms. The number of likely N-dealkylation sites (tertiary alicyclic amines) is 1. The number of carbonyl (C=O) groups is 1. The fourth-order valence-electron chi connectivity index (χ4n) is 4.91. The molecule has 1 saturated heterocycles. The van der Waals surface area contributed by atoms with Crippen molar-refractivity contribution in [2.24, 2.45) is 0 Å². The molecule has 3 heterocycles. The molecule has 182 valence electrons. The van der Waals surface area contributed by atoms with Crippen molar-refractivity contribution in [3.05, 3.63) is 53.2 Å². The maximum atomic E-state index is 12.1. The van der Waals surface area contributed by atoms with E-state index in [1.807, 2.05) is 29.2 Å². The molecule has 0 unspecified atom stereocenters. The number of unbranched alkanes of at least 4 members (excludes halogenated alkanes) is 1. The maximum Gasteiger partial charge on any atom is 0.325 e. The van der Waals surface area contributed by atoms with Gasteiger partial charge in [-0.15, -0.1) is 0 Å². The standard InChI is InChI=1S/C27H35N3O4/c31-27(32)25(19-7-10-22(11-8-19)34-23-12-13-23)30-16-14-24(18-30)33-17-2-1-5-21-9-6-20-4-3-15-28-26(20)29-21/h6-11,23-25H,1-5,12-18H2,(H,28,29)(H,31,32)/t24-,25+/m1/s1. The topological polar surface area (TPSA) is 83.9 Å². The number of ether oxygens (including phenoxy) is 2. The van der Waals surface area contributed by atoms with Gasteiger partial charge in [0, 0.05) is 31.9 Å². The normalized spacial score (nSPS) is 21.0. The first-order chi connectivity index (χ1) is 16.7. The van der Waals surface area contributed by atoms with Crippen molar-refractivity contribution in [1.29, 1.82) is 0 Å². The summed E-state index contributed by atoms with van der Waals surface area (Å²) in [7, 11) is 0. The predicted molar refractivity (Wildman–Crippen MR) is 130 cm³/mol. The van der Waals surface area contributed by atoms with Crippen molar-refractivity contribution in [3.8, 4) is 5.75 Å². The molecule has 34 heavy (non-hydrogen) atoms. The number of rotatable bonds is 11. The Bertz CT molecular complexity index is 976. The summed E-state index contributed by atoms with van der Waals surface area (Å²) < 4.78 is 11.9. The molecule has 0 spiro atoms. The highest BCUT2D eigenvalue weighted by Gasteiger charge is 2.34. The number of fused-ring (bicyclic) bond motifs is 1. The summed E-state index contributed by atoms with van der Waals surface area (Å²) >= 11 is 0. The van der Waals surface area contributed by atoms with Crippen molar-refractivity contribution in [3.63, 3.8) is 0 Å². The van der Waals surface area contributed by atoms with E-state index in [0.29, 0.717) is 19.3 Å². The zero-order valence-corrected chi connectivity index (χ0v) is 19.7. The number of hydrogen-bond acceptors (Lipinski definition) is 6. The Labute approximate surface area is 201 Å². The van der Waals surface area contributed by atoms with Crippen LogP contribution in [-0.4, -0.2) is 59.4 Å². The minimum atomic E-state index is -0.816. The van der Waals surface area contributed by atoms with Crippen LogP contribution in [0.15, 0.2) is 36.4 Å². The molecule has 2 aliphatic heterocycles.